The van der Waals surface area contributed by atoms with Gasteiger partial charge >= 0.3 is 0 Å². The molecule has 0 spiro atoms. The average Bonchev–Trinajstić information content (AvgIpc) is 2.59. The predicted molar refractivity (Wildman–Crippen MR) is 94.5 cm³/mol. The molecule has 3 nitrogen and oxygen atoms in total. The fourth-order valence-corrected chi connectivity index (χ4v) is 3.24. The van der Waals surface area contributed by atoms with Gasteiger partial charge < -0.3 is 5.32 Å². The zero-order chi connectivity index (χ0) is 16.9. The van der Waals surface area contributed by atoms with Crippen molar-refractivity contribution >= 4 is 17.3 Å². The van der Waals surface area contributed by atoms with Crippen molar-refractivity contribution < 1.29 is 4.39 Å². The van der Waals surface area contributed by atoms with Crippen molar-refractivity contribution in [3.63, 3.8) is 0 Å². The van der Waals surface area contributed by atoms with Crippen LogP contribution in [0.4, 0.5) is 10.1 Å². The van der Waals surface area contributed by atoms with Crippen LogP contribution in [0.5, 0.6) is 0 Å². The highest BCUT2D eigenvalue weighted by atomic mass is 35.5. The predicted octanol–water partition coefficient (Wildman–Crippen LogP) is 4.43. The van der Waals surface area contributed by atoms with Crippen LogP contribution in [0.2, 0.25) is 5.02 Å². The van der Waals surface area contributed by atoms with Gasteiger partial charge in [0.1, 0.15) is 11.9 Å². The van der Waals surface area contributed by atoms with Crippen LogP contribution in [0.25, 0.3) is 0 Å². The number of halogens is 2. The van der Waals surface area contributed by atoms with Crippen LogP contribution < -0.4 is 5.32 Å². The van der Waals surface area contributed by atoms with Gasteiger partial charge in [0.25, 0.3) is 0 Å². The summed E-state index contributed by atoms with van der Waals surface area (Å²) in [6, 6.07) is 14.6. The Morgan fingerprint density at radius 1 is 1.17 bits per heavy atom. The van der Waals surface area contributed by atoms with Crippen LogP contribution in [0.3, 0.4) is 0 Å². The molecule has 24 heavy (non-hydrogen) atoms. The second-order valence-corrected chi connectivity index (χ2v) is 6.53. The zero-order valence-corrected chi connectivity index (χ0v) is 14.1. The summed E-state index contributed by atoms with van der Waals surface area (Å²) in [4.78, 5) is 2.39. The number of piperidine rings is 1. The van der Waals surface area contributed by atoms with E-state index in [2.05, 4.69) is 16.3 Å². The number of hydrogen-bond donors (Lipinski definition) is 1. The number of benzene rings is 2. The second-order valence-electron chi connectivity index (χ2n) is 6.13. The molecule has 3 rings (SSSR count). The van der Waals surface area contributed by atoms with E-state index >= 15 is 0 Å². The van der Waals surface area contributed by atoms with Crippen LogP contribution in [0, 0.1) is 17.1 Å². The third-order valence-corrected chi connectivity index (χ3v) is 4.68. The van der Waals surface area contributed by atoms with Crippen molar-refractivity contribution in [1.29, 1.82) is 5.26 Å². The highest BCUT2D eigenvalue weighted by Crippen LogP contribution is 2.23. The highest BCUT2D eigenvalue weighted by Gasteiger charge is 2.19. The van der Waals surface area contributed by atoms with Gasteiger partial charge in [0, 0.05) is 31.4 Å². The Balaban J connectivity index is 1.51. The lowest BCUT2D eigenvalue weighted by Gasteiger charge is -2.33. The third-order valence-electron chi connectivity index (χ3n) is 4.37. The van der Waals surface area contributed by atoms with Crippen molar-refractivity contribution in [2.45, 2.75) is 25.4 Å². The van der Waals surface area contributed by atoms with Gasteiger partial charge in [-0.25, -0.2) is 4.39 Å². The molecule has 0 radical (unpaired) electrons. The minimum absolute atomic E-state index is 0.192. The highest BCUT2D eigenvalue weighted by molar-refractivity contribution is 6.32. The molecule has 1 saturated heterocycles. The van der Waals surface area contributed by atoms with Gasteiger partial charge in [-0.05, 0) is 48.7 Å². The molecule has 0 unspecified atom stereocenters. The van der Waals surface area contributed by atoms with Crippen LogP contribution in [-0.4, -0.2) is 24.0 Å². The van der Waals surface area contributed by atoms with Crippen molar-refractivity contribution in [1.82, 2.24) is 4.90 Å². The first kappa shape index (κ1) is 16.8. The van der Waals surface area contributed by atoms with Gasteiger partial charge in [0.05, 0.1) is 10.6 Å². The maximum Gasteiger partial charge on any atom is 0.123 e. The summed E-state index contributed by atoms with van der Waals surface area (Å²) in [5, 5.41) is 12.9. The molecule has 1 heterocycles. The molecule has 0 saturated carbocycles. The molecule has 2 aromatic rings. The molecule has 0 aliphatic carbocycles. The maximum absolute atomic E-state index is 13.0. The molecule has 0 aromatic heterocycles. The lowest BCUT2D eigenvalue weighted by molar-refractivity contribution is 0.211. The van der Waals surface area contributed by atoms with Gasteiger partial charge in [-0.2, -0.15) is 5.26 Å². The molecule has 0 amide bonds. The Labute approximate surface area is 146 Å². The SMILES string of the molecule is N#Cc1ccc(NC2CCN(Cc3ccc(F)cc3)CC2)cc1Cl. The summed E-state index contributed by atoms with van der Waals surface area (Å²) < 4.78 is 13.0. The molecular weight excluding hydrogens is 325 g/mol. The first-order valence-corrected chi connectivity index (χ1v) is 8.45. The monoisotopic (exact) mass is 343 g/mol. The topological polar surface area (TPSA) is 39.1 Å². The Morgan fingerprint density at radius 3 is 2.50 bits per heavy atom. The van der Waals surface area contributed by atoms with E-state index in [9.17, 15) is 4.39 Å². The minimum Gasteiger partial charge on any atom is -0.382 e. The molecule has 1 fully saturated rings. The Hall–Kier alpha value is -2.09. The molecule has 1 aliphatic rings. The first-order valence-electron chi connectivity index (χ1n) is 8.07. The van der Waals surface area contributed by atoms with Crippen molar-refractivity contribution in [3.8, 4) is 6.07 Å². The van der Waals surface area contributed by atoms with E-state index in [0.29, 0.717) is 16.6 Å². The van der Waals surface area contributed by atoms with Gasteiger partial charge in [0.2, 0.25) is 0 Å². The van der Waals surface area contributed by atoms with Crippen molar-refractivity contribution in [2.24, 2.45) is 0 Å². The van der Waals surface area contributed by atoms with Crippen LogP contribution >= 0.6 is 11.6 Å². The Morgan fingerprint density at radius 2 is 1.88 bits per heavy atom. The first-order chi connectivity index (χ1) is 11.6. The van der Waals surface area contributed by atoms with E-state index < -0.39 is 0 Å². The van der Waals surface area contributed by atoms with Gasteiger partial charge in [-0.3, -0.25) is 4.90 Å². The van der Waals surface area contributed by atoms with E-state index in [1.807, 2.05) is 24.3 Å². The average molecular weight is 344 g/mol. The summed E-state index contributed by atoms with van der Waals surface area (Å²) >= 11 is 6.07. The Kier molecular flexibility index (Phi) is 5.34. The smallest absolute Gasteiger partial charge is 0.123 e. The van der Waals surface area contributed by atoms with E-state index in [0.717, 1.165) is 43.7 Å². The number of anilines is 1. The fourth-order valence-electron chi connectivity index (χ4n) is 3.01. The number of nitriles is 1. The van der Waals surface area contributed by atoms with Gasteiger partial charge in [-0.15, -0.1) is 0 Å². The summed E-state index contributed by atoms with van der Waals surface area (Å²) in [5.74, 6) is -0.192. The summed E-state index contributed by atoms with van der Waals surface area (Å²) in [6.07, 6.45) is 2.08. The molecule has 0 atom stereocenters. The fraction of sp³-hybridized carbons (Fsp3) is 0.316. The lowest BCUT2D eigenvalue weighted by Crippen LogP contribution is -2.38. The standard InChI is InChI=1S/C19H19ClFN3/c20-19-11-18(6-3-15(19)12-22)23-17-7-9-24(10-8-17)13-14-1-4-16(21)5-2-14/h1-6,11,17,23H,7-10,13H2. The van der Waals surface area contributed by atoms with Crippen molar-refractivity contribution in [2.75, 3.05) is 18.4 Å². The number of hydrogen-bond acceptors (Lipinski definition) is 3. The Bertz CT molecular complexity index is 731. The minimum atomic E-state index is -0.192. The quantitative estimate of drug-likeness (QED) is 0.892. The second kappa shape index (κ2) is 7.65. The zero-order valence-electron chi connectivity index (χ0n) is 13.3. The molecule has 1 aliphatic heterocycles. The van der Waals surface area contributed by atoms with Crippen molar-refractivity contribution in [3.05, 3.63) is 64.4 Å². The van der Waals surface area contributed by atoms with Gasteiger partial charge in [-0.1, -0.05) is 23.7 Å². The summed E-state index contributed by atoms with van der Waals surface area (Å²) in [6.45, 7) is 2.85. The summed E-state index contributed by atoms with van der Waals surface area (Å²) in [7, 11) is 0. The van der Waals surface area contributed by atoms with E-state index in [1.165, 1.54) is 12.1 Å². The lowest BCUT2D eigenvalue weighted by atomic mass is 10.0. The number of nitrogens with one attached hydrogen (secondary N) is 1. The summed E-state index contributed by atoms with van der Waals surface area (Å²) in [5.41, 5.74) is 2.59. The van der Waals surface area contributed by atoms with E-state index in [4.69, 9.17) is 16.9 Å². The molecular formula is C19H19ClFN3. The van der Waals surface area contributed by atoms with Gasteiger partial charge in [0.15, 0.2) is 0 Å². The van der Waals surface area contributed by atoms with Crippen LogP contribution in [0.15, 0.2) is 42.5 Å². The maximum atomic E-state index is 13.0. The number of likely N-dealkylation sites (tertiary alicyclic amines) is 1. The molecule has 5 heteroatoms. The van der Waals surface area contributed by atoms with E-state index in [-0.39, 0.29) is 5.82 Å². The van der Waals surface area contributed by atoms with Crippen LogP contribution in [0.1, 0.15) is 24.0 Å². The molecule has 124 valence electrons. The largest absolute Gasteiger partial charge is 0.382 e. The number of rotatable bonds is 4. The number of nitrogens with zero attached hydrogens (tertiary/aromatic N) is 2. The molecule has 0 bridgehead atoms. The molecule has 2 aromatic carbocycles. The normalized spacial score (nSPS) is 15.9. The third kappa shape index (κ3) is 4.25. The molecule has 1 N–H and O–H groups in total. The van der Waals surface area contributed by atoms with E-state index in [1.54, 1.807) is 6.07 Å². The van der Waals surface area contributed by atoms with Crippen LogP contribution in [-0.2, 0) is 6.54 Å².